The van der Waals surface area contributed by atoms with Crippen molar-refractivity contribution in [1.82, 2.24) is 9.78 Å². The Labute approximate surface area is 96.9 Å². The molecule has 0 bridgehead atoms. The fraction of sp³-hybridized carbons (Fsp3) is 0.0909. The number of nitrogens with two attached hydrogens (primary N) is 1. The molecule has 6 heteroatoms. The predicted molar refractivity (Wildman–Crippen MR) is 61.0 cm³/mol. The maximum absolute atomic E-state index is 10.6. The van der Waals surface area contributed by atoms with Gasteiger partial charge in [-0.15, -0.1) is 0 Å². The number of carboxylic acid groups (broad SMARTS) is 1. The van der Waals surface area contributed by atoms with Gasteiger partial charge in [0.25, 0.3) is 0 Å². The number of aliphatic carboxylic acids is 1. The number of anilines is 1. The lowest BCUT2D eigenvalue weighted by molar-refractivity contribution is -0.136. The number of hydrogen-bond donors (Lipinski definition) is 3. The van der Waals surface area contributed by atoms with Crippen molar-refractivity contribution in [3.63, 3.8) is 0 Å². The van der Waals surface area contributed by atoms with E-state index in [1.165, 1.54) is 16.9 Å². The maximum Gasteiger partial charge on any atom is 0.308 e. The van der Waals surface area contributed by atoms with Crippen LogP contribution in [-0.2, 0) is 11.2 Å². The molecule has 0 fully saturated rings. The van der Waals surface area contributed by atoms with E-state index in [0.29, 0.717) is 11.3 Å². The first-order valence-corrected chi connectivity index (χ1v) is 4.92. The van der Waals surface area contributed by atoms with Gasteiger partial charge in [0.15, 0.2) is 0 Å². The number of phenols is 1. The van der Waals surface area contributed by atoms with Crippen LogP contribution >= 0.6 is 0 Å². The van der Waals surface area contributed by atoms with Crippen LogP contribution in [0.2, 0.25) is 0 Å². The average molecular weight is 233 g/mol. The Bertz CT molecular complexity index is 563. The quantitative estimate of drug-likeness (QED) is 0.727. The molecule has 4 N–H and O–H groups in total. The van der Waals surface area contributed by atoms with Gasteiger partial charge in [0, 0.05) is 5.56 Å². The van der Waals surface area contributed by atoms with Crippen LogP contribution in [0.1, 0.15) is 5.56 Å². The lowest BCUT2D eigenvalue weighted by atomic mass is 10.2. The van der Waals surface area contributed by atoms with Gasteiger partial charge >= 0.3 is 5.97 Å². The number of carbonyl (C=O) groups is 1. The Morgan fingerprint density at radius 3 is 2.76 bits per heavy atom. The van der Waals surface area contributed by atoms with E-state index in [9.17, 15) is 9.90 Å². The highest BCUT2D eigenvalue weighted by Crippen LogP contribution is 2.24. The standard InChI is InChI=1S/C11H11N3O3/c12-11-7(5-10(16)17)6-13-14(11)8-3-1-2-4-9(8)15/h1-4,6,15H,5,12H2,(H,16,17). The van der Waals surface area contributed by atoms with Crippen LogP contribution < -0.4 is 5.73 Å². The van der Waals surface area contributed by atoms with Crippen LogP contribution in [0.3, 0.4) is 0 Å². The first-order valence-electron chi connectivity index (χ1n) is 4.92. The van der Waals surface area contributed by atoms with Gasteiger partial charge in [-0.3, -0.25) is 4.79 Å². The van der Waals surface area contributed by atoms with Gasteiger partial charge in [0.2, 0.25) is 0 Å². The van der Waals surface area contributed by atoms with Gasteiger partial charge < -0.3 is 15.9 Å². The molecule has 0 unspecified atom stereocenters. The molecule has 0 aliphatic heterocycles. The first-order chi connectivity index (χ1) is 8.09. The summed E-state index contributed by atoms with van der Waals surface area (Å²) in [5.74, 6) is -0.730. The van der Waals surface area contributed by atoms with E-state index in [1.54, 1.807) is 18.2 Å². The Kier molecular flexibility index (Phi) is 2.70. The van der Waals surface area contributed by atoms with Crippen LogP contribution in [0.15, 0.2) is 30.5 Å². The predicted octanol–water partition coefficient (Wildman–Crippen LogP) is 0.787. The fourth-order valence-electron chi connectivity index (χ4n) is 1.53. The lowest BCUT2D eigenvalue weighted by Crippen LogP contribution is -2.06. The third kappa shape index (κ3) is 2.05. The maximum atomic E-state index is 10.6. The number of rotatable bonds is 3. The molecule has 2 rings (SSSR count). The van der Waals surface area contributed by atoms with Crippen molar-refractivity contribution in [1.29, 1.82) is 0 Å². The second kappa shape index (κ2) is 4.17. The Morgan fingerprint density at radius 1 is 1.41 bits per heavy atom. The molecule has 1 aromatic heterocycles. The summed E-state index contributed by atoms with van der Waals surface area (Å²) in [5, 5.41) is 22.3. The third-order valence-electron chi connectivity index (χ3n) is 2.34. The summed E-state index contributed by atoms with van der Waals surface area (Å²) in [6, 6.07) is 6.56. The topological polar surface area (TPSA) is 101 Å². The third-order valence-corrected chi connectivity index (χ3v) is 2.34. The highest BCUT2D eigenvalue weighted by Gasteiger charge is 2.13. The van der Waals surface area contributed by atoms with Gasteiger partial charge in [-0.05, 0) is 12.1 Å². The van der Waals surface area contributed by atoms with Crippen molar-refractivity contribution >= 4 is 11.8 Å². The molecule has 1 aromatic carbocycles. The number of hydrogen-bond acceptors (Lipinski definition) is 4. The molecule has 0 saturated heterocycles. The molecule has 6 nitrogen and oxygen atoms in total. The zero-order valence-electron chi connectivity index (χ0n) is 8.87. The fourth-order valence-corrected chi connectivity index (χ4v) is 1.53. The number of benzene rings is 1. The molecule has 0 aliphatic rings. The van der Waals surface area contributed by atoms with E-state index >= 15 is 0 Å². The molecule has 17 heavy (non-hydrogen) atoms. The summed E-state index contributed by atoms with van der Waals surface area (Å²) in [6.45, 7) is 0. The van der Waals surface area contributed by atoms with Crippen molar-refractivity contribution in [2.24, 2.45) is 0 Å². The number of aromatic hydroxyl groups is 1. The summed E-state index contributed by atoms with van der Waals surface area (Å²) >= 11 is 0. The number of phenolic OH excluding ortho intramolecular Hbond substituents is 1. The lowest BCUT2D eigenvalue weighted by Gasteiger charge is -2.06. The van der Waals surface area contributed by atoms with Crippen molar-refractivity contribution in [2.45, 2.75) is 6.42 Å². The van der Waals surface area contributed by atoms with Crippen LogP contribution in [0.5, 0.6) is 5.75 Å². The van der Waals surface area contributed by atoms with Crippen LogP contribution in [0.25, 0.3) is 5.69 Å². The van der Waals surface area contributed by atoms with E-state index in [0.717, 1.165) is 0 Å². The highest BCUT2D eigenvalue weighted by atomic mass is 16.4. The molecular formula is C11H11N3O3. The monoisotopic (exact) mass is 233 g/mol. The highest BCUT2D eigenvalue weighted by molar-refractivity contribution is 5.72. The van der Waals surface area contributed by atoms with Crippen LogP contribution in [0.4, 0.5) is 5.82 Å². The molecule has 2 aromatic rings. The van der Waals surface area contributed by atoms with Crippen molar-refractivity contribution in [2.75, 3.05) is 5.73 Å². The molecule has 0 aliphatic carbocycles. The molecule has 0 amide bonds. The molecule has 0 saturated carbocycles. The zero-order valence-corrected chi connectivity index (χ0v) is 8.87. The summed E-state index contributed by atoms with van der Waals surface area (Å²) in [6.07, 6.45) is 1.19. The number of nitrogen functional groups attached to an aromatic ring is 1. The number of aromatic nitrogens is 2. The summed E-state index contributed by atoms with van der Waals surface area (Å²) in [5.41, 5.74) is 6.61. The minimum Gasteiger partial charge on any atom is -0.506 e. The molecule has 0 radical (unpaired) electrons. The first kappa shape index (κ1) is 11.0. The molecule has 0 spiro atoms. The van der Waals surface area contributed by atoms with Crippen molar-refractivity contribution in [3.8, 4) is 11.4 Å². The Balaban J connectivity index is 2.44. The molecule has 88 valence electrons. The Morgan fingerprint density at radius 2 is 2.12 bits per heavy atom. The molecule has 1 heterocycles. The zero-order chi connectivity index (χ0) is 12.4. The summed E-state index contributed by atoms with van der Waals surface area (Å²) in [7, 11) is 0. The minimum absolute atomic E-state index is 0.0316. The normalized spacial score (nSPS) is 10.4. The van der Waals surface area contributed by atoms with Gasteiger partial charge in [-0.1, -0.05) is 12.1 Å². The second-order valence-electron chi connectivity index (χ2n) is 3.53. The van der Waals surface area contributed by atoms with Crippen LogP contribution in [0, 0.1) is 0 Å². The number of para-hydroxylation sites is 2. The van der Waals surface area contributed by atoms with Crippen LogP contribution in [-0.4, -0.2) is 26.0 Å². The van der Waals surface area contributed by atoms with Gasteiger partial charge in [0.05, 0.1) is 12.6 Å². The van der Waals surface area contributed by atoms with Gasteiger partial charge in [0.1, 0.15) is 17.3 Å². The van der Waals surface area contributed by atoms with E-state index in [2.05, 4.69) is 5.10 Å². The van der Waals surface area contributed by atoms with E-state index in [-0.39, 0.29) is 18.0 Å². The summed E-state index contributed by atoms with van der Waals surface area (Å²) < 4.78 is 1.31. The largest absolute Gasteiger partial charge is 0.506 e. The van der Waals surface area contributed by atoms with Gasteiger partial charge in [-0.2, -0.15) is 5.10 Å². The number of carboxylic acids is 1. The smallest absolute Gasteiger partial charge is 0.308 e. The molecule has 0 atom stereocenters. The van der Waals surface area contributed by atoms with E-state index in [1.807, 2.05) is 0 Å². The van der Waals surface area contributed by atoms with E-state index < -0.39 is 5.97 Å². The van der Waals surface area contributed by atoms with E-state index in [4.69, 9.17) is 10.8 Å². The summed E-state index contributed by atoms with van der Waals surface area (Å²) in [4.78, 5) is 10.6. The number of nitrogens with zero attached hydrogens (tertiary/aromatic N) is 2. The van der Waals surface area contributed by atoms with Crippen molar-refractivity contribution < 1.29 is 15.0 Å². The average Bonchev–Trinajstić information content (AvgIpc) is 2.61. The minimum atomic E-state index is -0.978. The van der Waals surface area contributed by atoms with Gasteiger partial charge in [-0.25, -0.2) is 4.68 Å². The Hall–Kier alpha value is -2.50. The second-order valence-corrected chi connectivity index (χ2v) is 3.53. The molecular weight excluding hydrogens is 222 g/mol. The van der Waals surface area contributed by atoms with Crippen molar-refractivity contribution in [3.05, 3.63) is 36.0 Å². The SMILES string of the molecule is Nc1c(CC(=O)O)cnn1-c1ccccc1O.